The van der Waals surface area contributed by atoms with E-state index < -0.39 is 0 Å². The molecule has 0 N–H and O–H groups in total. The first kappa shape index (κ1) is 40.1. The predicted octanol–water partition coefficient (Wildman–Crippen LogP) is 18.2. The monoisotopic (exact) mass is 870 g/mol. The molecule has 0 amide bonds. The van der Waals surface area contributed by atoms with Gasteiger partial charge in [0.15, 0.2) is 0 Å². The van der Waals surface area contributed by atoms with E-state index in [1.54, 1.807) is 0 Å². The Morgan fingerprint density at radius 3 is 1.54 bits per heavy atom. The van der Waals surface area contributed by atoms with Gasteiger partial charge in [0.2, 0.25) is 0 Å². The molecule has 2 aliphatic rings. The van der Waals surface area contributed by atoms with Crippen LogP contribution in [0.3, 0.4) is 0 Å². The van der Waals surface area contributed by atoms with Crippen molar-refractivity contribution in [3.63, 3.8) is 0 Å². The lowest BCUT2D eigenvalue weighted by atomic mass is 9.73. The lowest BCUT2D eigenvalue weighted by Gasteiger charge is -2.37. The van der Waals surface area contributed by atoms with Crippen LogP contribution in [-0.4, -0.2) is 6.04 Å². The molecule has 1 saturated carbocycles. The van der Waals surface area contributed by atoms with Crippen molar-refractivity contribution < 1.29 is 0 Å². The molecule has 0 aromatic heterocycles. The molecule has 0 saturated heterocycles. The molecule has 68 heavy (non-hydrogen) atoms. The first-order valence-corrected chi connectivity index (χ1v) is 24.3. The largest absolute Gasteiger partial charge is 0.338 e. The molecular weight excluding hydrogens is 821 g/mol. The zero-order chi connectivity index (χ0) is 45.0. The molecule has 1 fully saturated rings. The highest BCUT2D eigenvalue weighted by Crippen LogP contribution is 2.55. The van der Waals surface area contributed by atoms with Gasteiger partial charge in [-0.15, -0.1) is 0 Å². The van der Waals surface area contributed by atoms with Crippen LogP contribution < -0.4 is 9.80 Å². The smallest absolute Gasteiger partial charge is 0.0463 e. The maximum atomic E-state index is 2.67. The summed E-state index contributed by atoms with van der Waals surface area (Å²) in [5, 5.41) is 7.55. The molecular formula is C66H50N2. The molecule has 324 valence electrons. The molecule has 13 rings (SSSR count). The van der Waals surface area contributed by atoms with Crippen molar-refractivity contribution in [2.45, 2.75) is 37.1 Å². The van der Waals surface area contributed by atoms with E-state index in [0.717, 1.165) is 29.9 Å². The highest BCUT2D eigenvalue weighted by Gasteiger charge is 2.43. The minimum absolute atomic E-state index is 0.411. The van der Waals surface area contributed by atoms with E-state index >= 15 is 0 Å². The molecule has 0 radical (unpaired) electrons. The highest BCUT2D eigenvalue weighted by molar-refractivity contribution is 6.21. The summed E-state index contributed by atoms with van der Waals surface area (Å²) in [6.07, 6.45) is 3.50. The van der Waals surface area contributed by atoms with Gasteiger partial charge in [0.05, 0.1) is 0 Å². The van der Waals surface area contributed by atoms with E-state index in [2.05, 4.69) is 259 Å². The van der Waals surface area contributed by atoms with Crippen LogP contribution in [0.5, 0.6) is 0 Å². The summed E-state index contributed by atoms with van der Waals surface area (Å²) in [6.45, 7) is 0. The number of hydrogen-bond acceptors (Lipinski definition) is 2. The van der Waals surface area contributed by atoms with E-state index in [-0.39, 0.29) is 0 Å². The lowest BCUT2D eigenvalue weighted by Crippen LogP contribution is -2.34. The van der Waals surface area contributed by atoms with Crippen molar-refractivity contribution in [2.75, 3.05) is 9.80 Å². The molecule has 11 aromatic rings. The van der Waals surface area contributed by atoms with Crippen LogP contribution in [0.2, 0.25) is 0 Å². The summed E-state index contributed by atoms with van der Waals surface area (Å²) in [5.74, 6) is 1.02. The number of hydrogen-bond donors (Lipinski definition) is 0. The van der Waals surface area contributed by atoms with Gasteiger partial charge in [-0.3, -0.25) is 0 Å². The number of nitrogens with zero attached hydrogens (tertiary/aromatic N) is 2. The average molecular weight is 871 g/mol. The molecule has 3 unspecified atom stereocenters. The van der Waals surface area contributed by atoms with Crippen molar-refractivity contribution in [1.82, 2.24) is 0 Å². The van der Waals surface area contributed by atoms with Crippen LogP contribution in [0.1, 0.15) is 42.2 Å². The minimum atomic E-state index is 0.411. The van der Waals surface area contributed by atoms with Crippen LogP contribution in [0.15, 0.2) is 249 Å². The van der Waals surface area contributed by atoms with Gasteiger partial charge in [0, 0.05) is 40.4 Å². The SMILES string of the molecule is c1ccc(-c2ccc3c(c2)C2CC(c4ccccc4)CCC2N3c2ccc(N(c3ccccc3)c3ccc(-c4c5ccccc5c(-c5ccc6ccccc6c5)c5ccccc45)cc3)cc2)cc1. The van der Waals surface area contributed by atoms with E-state index in [9.17, 15) is 0 Å². The van der Waals surface area contributed by atoms with Crippen molar-refractivity contribution in [1.29, 1.82) is 0 Å². The Morgan fingerprint density at radius 2 is 0.882 bits per heavy atom. The van der Waals surface area contributed by atoms with E-state index in [1.165, 1.54) is 94.6 Å². The predicted molar refractivity (Wildman–Crippen MR) is 288 cm³/mol. The standard InChI is InChI=1S/C66H50N2/c1-4-16-45(17-5-1)50-32-40-63-61(43-50)62-44-51(46-18-6-2-7-19-46)33-41-64(62)68(63)56-38-36-55(37-39-56)67(53-22-8-3-9-23-53)54-34-30-48(31-35-54)65-57-24-12-14-26-59(57)66(60-27-15-13-25-58(60)65)52-29-28-47-20-10-11-21-49(47)42-52/h1-32,34-40,42-43,51,62,64H,33,41,44H2. The lowest BCUT2D eigenvalue weighted by molar-refractivity contribution is 0.361. The Bertz CT molecular complexity index is 3540. The number of fused-ring (bicyclic) bond motifs is 6. The second kappa shape index (κ2) is 16.9. The summed E-state index contributed by atoms with van der Waals surface area (Å²) in [4.78, 5) is 5.06. The first-order chi connectivity index (χ1) is 33.7. The minimum Gasteiger partial charge on any atom is -0.338 e. The summed E-state index contributed by atoms with van der Waals surface area (Å²) in [7, 11) is 0. The normalized spacial score (nSPS) is 16.5. The van der Waals surface area contributed by atoms with Gasteiger partial charge in [-0.1, -0.05) is 182 Å². The summed E-state index contributed by atoms with van der Waals surface area (Å²) in [5.41, 5.74) is 16.5. The van der Waals surface area contributed by atoms with Gasteiger partial charge >= 0.3 is 0 Å². The molecule has 1 aliphatic heterocycles. The third kappa shape index (κ3) is 6.95. The molecule has 0 bridgehead atoms. The Balaban J connectivity index is 0.870. The van der Waals surface area contributed by atoms with Crippen LogP contribution in [0.25, 0.3) is 65.7 Å². The second-order valence-electron chi connectivity index (χ2n) is 18.7. The zero-order valence-corrected chi connectivity index (χ0v) is 37.9. The Hall–Kier alpha value is -8.20. The van der Waals surface area contributed by atoms with E-state index in [0.29, 0.717) is 17.9 Å². The van der Waals surface area contributed by atoms with Gasteiger partial charge in [-0.25, -0.2) is 0 Å². The van der Waals surface area contributed by atoms with E-state index in [4.69, 9.17) is 0 Å². The van der Waals surface area contributed by atoms with Crippen LogP contribution >= 0.6 is 0 Å². The van der Waals surface area contributed by atoms with Gasteiger partial charge in [-0.2, -0.15) is 0 Å². The summed E-state index contributed by atoms with van der Waals surface area (Å²) < 4.78 is 0. The van der Waals surface area contributed by atoms with Crippen molar-refractivity contribution >= 4 is 60.8 Å². The molecule has 3 atom stereocenters. The molecule has 1 aliphatic carbocycles. The van der Waals surface area contributed by atoms with Crippen LogP contribution in [0, 0.1) is 0 Å². The van der Waals surface area contributed by atoms with Crippen molar-refractivity contribution in [2.24, 2.45) is 0 Å². The molecule has 1 heterocycles. The van der Waals surface area contributed by atoms with Gasteiger partial charge in [-0.05, 0) is 169 Å². The maximum Gasteiger partial charge on any atom is 0.0463 e. The number of benzene rings is 11. The van der Waals surface area contributed by atoms with E-state index in [1.807, 2.05) is 0 Å². The van der Waals surface area contributed by atoms with Crippen molar-refractivity contribution in [3.8, 4) is 33.4 Å². The highest BCUT2D eigenvalue weighted by atomic mass is 15.2. The zero-order valence-electron chi connectivity index (χ0n) is 37.9. The Kier molecular flexibility index (Phi) is 9.97. The number of rotatable bonds is 8. The fourth-order valence-electron chi connectivity index (χ4n) is 11.9. The first-order valence-electron chi connectivity index (χ1n) is 24.3. The Morgan fingerprint density at radius 1 is 0.368 bits per heavy atom. The maximum absolute atomic E-state index is 2.67. The molecule has 0 spiro atoms. The van der Waals surface area contributed by atoms with Gasteiger partial charge in [0.1, 0.15) is 0 Å². The quantitative estimate of drug-likeness (QED) is 0.140. The van der Waals surface area contributed by atoms with Crippen molar-refractivity contribution in [3.05, 3.63) is 260 Å². The molecule has 2 nitrogen and oxygen atoms in total. The Labute approximate surface area is 399 Å². The van der Waals surface area contributed by atoms with Gasteiger partial charge in [0.25, 0.3) is 0 Å². The number of anilines is 5. The fourth-order valence-corrected chi connectivity index (χ4v) is 11.9. The molecule has 11 aromatic carbocycles. The second-order valence-corrected chi connectivity index (χ2v) is 18.7. The average Bonchev–Trinajstić information content (AvgIpc) is 3.74. The summed E-state index contributed by atoms with van der Waals surface area (Å²) in [6, 6.07) is 92.5. The topological polar surface area (TPSA) is 6.48 Å². The fraction of sp³-hybridized carbons (Fsp3) is 0.0909. The summed E-state index contributed by atoms with van der Waals surface area (Å²) >= 11 is 0. The third-order valence-corrected chi connectivity index (χ3v) is 15.0. The molecule has 2 heteroatoms. The van der Waals surface area contributed by atoms with Crippen LogP contribution in [-0.2, 0) is 0 Å². The number of para-hydroxylation sites is 1. The van der Waals surface area contributed by atoms with Crippen LogP contribution in [0.4, 0.5) is 28.4 Å². The van der Waals surface area contributed by atoms with Gasteiger partial charge < -0.3 is 9.80 Å². The third-order valence-electron chi connectivity index (χ3n) is 15.0.